The van der Waals surface area contributed by atoms with Crippen LogP contribution >= 0.6 is 0 Å². The smallest absolute Gasteiger partial charge is 0.308 e. The molecule has 0 fully saturated rings. The van der Waals surface area contributed by atoms with Gasteiger partial charge in [-0.25, -0.2) is 5.10 Å². The molecular formula is C6H8N4O2. The van der Waals surface area contributed by atoms with Crippen LogP contribution in [0.15, 0.2) is 9.59 Å². The molecule has 2 heterocycles. The average Bonchev–Trinajstić information content (AvgIpc) is 2.12. The Hall–Kier alpha value is -1.43. The number of hydrogen-bond acceptors (Lipinski definition) is 4. The van der Waals surface area contributed by atoms with Crippen molar-refractivity contribution in [2.45, 2.75) is 13.1 Å². The second kappa shape index (κ2) is 2.56. The van der Waals surface area contributed by atoms with Crippen LogP contribution < -0.4 is 16.4 Å². The fraction of sp³-hybridized carbons (Fsp3) is 0.500. The maximum atomic E-state index is 11.2. The summed E-state index contributed by atoms with van der Waals surface area (Å²) in [5, 5.41) is 8.93. The van der Waals surface area contributed by atoms with Gasteiger partial charge in [0.1, 0.15) is 5.82 Å². The number of H-pyrrole nitrogens is 1. The number of hydrogen-bond donors (Lipinski definition) is 2. The summed E-state index contributed by atoms with van der Waals surface area (Å²) in [6.07, 6.45) is 0. The number of aromatic amines is 1. The fourth-order valence-electron chi connectivity index (χ4n) is 1.22. The van der Waals surface area contributed by atoms with Crippen molar-refractivity contribution in [3.05, 3.63) is 26.5 Å². The molecule has 0 amide bonds. The number of nitrogens with one attached hydrogen (secondary N) is 2. The van der Waals surface area contributed by atoms with Crippen molar-refractivity contribution in [1.29, 1.82) is 0 Å². The quantitative estimate of drug-likeness (QED) is 0.440. The predicted molar refractivity (Wildman–Crippen MR) is 40.8 cm³/mol. The van der Waals surface area contributed by atoms with Gasteiger partial charge in [-0.2, -0.15) is 5.10 Å². The maximum Gasteiger partial charge on any atom is 0.330 e. The van der Waals surface area contributed by atoms with Gasteiger partial charge in [-0.15, -0.1) is 0 Å². The third-order valence-corrected chi connectivity index (χ3v) is 1.83. The van der Waals surface area contributed by atoms with Gasteiger partial charge in [-0.3, -0.25) is 14.2 Å². The summed E-state index contributed by atoms with van der Waals surface area (Å²) in [5.41, 5.74) is -1.16. The topological polar surface area (TPSA) is 79.8 Å². The molecule has 0 radical (unpaired) electrons. The van der Waals surface area contributed by atoms with Gasteiger partial charge in [0.2, 0.25) is 0 Å². The van der Waals surface area contributed by atoms with E-state index in [0.717, 1.165) is 0 Å². The molecule has 1 aliphatic heterocycles. The Morgan fingerprint density at radius 2 is 2.25 bits per heavy atom. The summed E-state index contributed by atoms with van der Waals surface area (Å²) < 4.78 is 1.40. The Labute approximate surface area is 67.2 Å². The van der Waals surface area contributed by atoms with E-state index in [-0.39, 0.29) is 0 Å². The Balaban J connectivity index is 2.70. The first-order valence-corrected chi connectivity index (χ1v) is 3.68. The Kier molecular flexibility index (Phi) is 1.54. The summed E-state index contributed by atoms with van der Waals surface area (Å²) >= 11 is 0. The van der Waals surface area contributed by atoms with Crippen molar-refractivity contribution >= 4 is 0 Å². The van der Waals surface area contributed by atoms with Gasteiger partial charge in [0.25, 0.3) is 0 Å². The zero-order chi connectivity index (χ0) is 8.55. The van der Waals surface area contributed by atoms with Gasteiger partial charge in [-0.05, 0) is 0 Å². The molecule has 1 aromatic heterocycles. The number of fused-ring (bicyclic) bond motifs is 1. The average molecular weight is 168 g/mol. The number of rotatable bonds is 0. The molecular weight excluding hydrogens is 160 g/mol. The van der Waals surface area contributed by atoms with Gasteiger partial charge in [0.05, 0.1) is 6.54 Å². The van der Waals surface area contributed by atoms with E-state index in [1.165, 1.54) is 4.57 Å². The summed E-state index contributed by atoms with van der Waals surface area (Å²) in [7, 11) is 0. The monoisotopic (exact) mass is 168 g/mol. The molecule has 6 nitrogen and oxygen atoms in total. The third kappa shape index (κ3) is 0.964. The second-order valence-electron chi connectivity index (χ2n) is 2.60. The molecule has 0 bridgehead atoms. The standard InChI is InChI=1S/C6H8N4O2/c11-5-6(12)10-2-1-7-3-4(10)8-9-5/h7H,1-3H2,(H,9,11). The molecule has 0 unspecified atom stereocenters. The van der Waals surface area contributed by atoms with Gasteiger partial charge < -0.3 is 5.32 Å². The lowest BCUT2D eigenvalue weighted by Gasteiger charge is -2.16. The molecule has 0 aliphatic carbocycles. The highest BCUT2D eigenvalue weighted by Crippen LogP contribution is 1.92. The second-order valence-corrected chi connectivity index (χ2v) is 2.60. The van der Waals surface area contributed by atoms with E-state index >= 15 is 0 Å². The maximum absolute atomic E-state index is 11.2. The Morgan fingerprint density at radius 3 is 3.08 bits per heavy atom. The van der Waals surface area contributed by atoms with Crippen LogP contribution in [0.2, 0.25) is 0 Å². The first-order chi connectivity index (χ1) is 5.79. The Bertz CT molecular complexity index is 405. The van der Waals surface area contributed by atoms with E-state index in [4.69, 9.17) is 0 Å². The van der Waals surface area contributed by atoms with Crippen LogP contribution in [0.5, 0.6) is 0 Å². The van der Waals surface area contributed by atoms with E-state index in [1.54, 1.807) is 0 Å². The molecule has 0 saturated carbocycles. The van der Waals surface area contributed by atoms with Crippen molar-refractivity contribution < 1.29 is 0 Å². The van der Waals surface area contributed by atoms with Gasteiger partial charge in [0.15, 0.2) is 0 Å². The molecule has 64 valence electrons. The number of aromatic nitrogens is 3. The highest BCUT2D eigenvalue weighted by atomic mass is 16.2. The SMILES string of the molecule is O=c1[nH]nc2n(c1=O)CCNC2. The van der Waals surface area contributed by atoms with E-state index in [0.29, 0.717) is 25.5 Å². The van der Waals surface area contributed by atoms with Crippen molar-refractivity contribution in [3.8, 4) is 0 Å². The highest BCUT2D eigenvalue weighted by molar-refractivity contribution is 4.91. The lowest BCUT2D eigenvalue weighted by molar-refractivity contribution is 0.466. The molecule has 2 rings (SSSR count). The van der Waals surface area contributed by atoms with Crippen molar-refractivity contribution in [2.75, 3.05) is 6.54 Å². The molecule has 2 N–H and O–H groups in total. The Morgan fingerprint density at radius 1 is 1.42 bits per heavy atom. The van der Waals surface area contributed by atoms with Crippen molar-refractivity contribution in [1.82, 2.24) is 20.1 Å². The first kappa shape index (κ1) is 7.23. The molecule has 0 saturated heterocycles. The predicted octanol–water partition coefficient (Wildman–Crippen LogP) is -1.97. The minimum absolute atomic E-state index is 0.512. The molecule has 0 spiro atoms. The minimum Gasteiger partial charge on any atom is -0.308 e. The molecule has 6 heteroatoms. The van der Waals surface area contributed by atoms with Crippen LogP contribution in [-0.4, -0.2) is 21.3 Å². The minimum atomic E-state index is -0.652. The van der Waals surface area contributed by atoms with Crippen LogP contribution in [0.3, 0.4) is 0 Å². The normalized spacial score (nSPS) is 15.7. The molecule has 1 aliphatic rings. The number of nitrogens with zero attached hydrogens (tertiary/aromatic N) is 2. The third-order valence-electron chi connectivity index (χ3n) is 1.83. The van der Waals surface area contributed by atoms with Crippen LogP contribution in [0, 0.1) is 0 Å². The van der Waals surface area contributed by atoms with Crippen molar-refractivity contribution in [3.63, 3.8) is 0 Å². The molecule has 12 heavy (non-hydrogen) atoms. The van der Waals surface area contributed by atoms with Gasteiger partial charge in [0, 0.05) is 13.1 Å². The van der Waals surface area contributed by atoms with Crippen LogP contribution in [0.1, 0.15) is 5.82 Å². The summed E-state index contributed by atoms with van der Waals surface area (Å²) in [5.74, 6) is 0.589. The van der Waals surface area contributed by atoms with Crippen LogP contribution in [0.4, 0.5) is 0 Å². The van der Waals surface area contributed by atoms with E-state index in [1.807, 2.05) is 0 Å². The zero-order valence-corrected chi connectivity index (χ0v) is 6.33. The van der Waals surface area contributed by atoms with Gasteiger partial charge in [-0.1, -0.05) is 0 Å². The summed E-state index contributed by atoms with van der Waals surface area (Å²) in [6.45, 7) is 1.76. The zero-order valence-electron chi connectivity index (χ0n) is 6.33. The first-order valence-electron chi connectivity index (χ1n) is 3.68. The lowest BCUT2D eigenvalue weighted by Crippen LogP contribution is -2.44. The molecule has 0 atom stereocenters. The van der Waals surface area contributed by atoms with Crippen LogP contribution in [-0.2, 0) is 13.1 Å². The van der Waals surface area contributed by atoms with E-state index in [2.05, 4.69) is 15.5 Å². The van der Waals surface area contributed by atoms with Gasteiger partial charge >= 0.3 is 11.1 Å². The summed E-state index contributed by atoms with van der Waals surface area (Å²) in [4.78, 5) is 22.0. The lowest BCUT2D eigenvalue weighted by atomic mass is 10.4. The largest absolute Gasteiger partial charge is 0.330 e. The summed E-state index contributed by atoms with van der Waals surface area (Å²) in [6, 6.07) is 0. The van der Waals surface area contributed by atoms with E-state index < -0.39 is 11.1 Å². The van der Waals surface area contributed by atoms with Crippen LogP contribution in [0.25, 0.3) is 0 Å². The highest BCUT2D eigenvalue weighted by Gasteiger charge is 2.11. The fourth-order valence-corrected chi connectivity index (χ4v) is 1.22. The van der Waals surface area contributed by atoms with Crippen molar-refractivity contribution in [2.24, 2.45) is 0 Å². The molecule has 0 aromatic carbocycles. The van der Waals surface area contributed by atoms with E-state index in [9.17, 15) is 9.59 Å². The molecule has 1 aromatic rings.